The second-order valence-corrected chi connectivity index (χ2v) is 4.06. The van der Waals surface area contributed by atoms with Crippen LogP contribution in [0.2, 0.25) is 0 Å². The predicted octanol–water partition coefficient (Wildman–Crippen LogP) is -0.111. The van der Waals surface area contributed by atoms with E-state index in [4.69, 9.17) is 4.74 Å². The molecule has 2 aliphatic heterocycles. The molecule has 6 heteroatoms. The first-order chi connectivity index (χ1) is 7.07. The van der Waals surface area contributed by atoms with Crippen molar-refractivity contribution in [2.24, 2.45) is 0 Å². The van der Waals surface area contributed by atoms with Crippen molar-refractivity contribution in [3.8, 4) is 0 Å². The van der Waals surface area contributed by atoms with Gasteiger partial charge >= 0.3 is 0 Å². The topological polar surface area (TPSA) is 50.4 Å². The van der Waals surface area contributed by atoms with Crippen LogP contribution in [-0.2, 0) is 9.53 Å². The number of nitrogens with one attached hydrogen (secondary N) is 2. The molecule has 2 atom stereocenters. The van der Waals surface area contributed by atoms with E-state index in [-0.39, 0.29) is 11.9 Å². The van der Waals surface area contributed by atoms with E-state index in [9.17, 15) is 13.6 Å². The van der Waals surface area contributed by atoms with Crippen molar-refractivity contribution in [3.63, 3.8) is 0 Å². The van der Waals surface area contributed by atoms with E-state index < -0.39 is 24.9 Å². The van der Waals surface area contributed by atoms with Crippen LogP contribution in [0.3, 0.4) is 0 Å². The van der Waals surface area contributed by atoms with Crippen molar-refractivity contribution >= 4 is 5.91 Å². The summed E-state index contributed by atoms with van der Waals surface area (Å²) in [4.78, 5) is 11.5. The molecule has 2 saturated heterocycles. The lowest BCUT2D eigenvalue weighted by Gasteiger charge is -2.14. The van der Waals surface area contributed by atoms with E-state index in [1.165, 1.54) is 0 Å². The molecule has 86 valence electrons. The molecule has 2 fully saturated rings. The molecule has 0 aliphatic carbocycles. The van der Waals surface area contributed by atoms with Gasteiger partial charge in [-0.1, -0.05) is 0 Å². The molecule has 2 aliphatic rings. The average molecular weight is 220 g/mol. The second kappa shape index (κ2) is 4.02. The minimum atomic E-state index is -2.76. The van der Waals surface area contributed by atoms with E-state index in [1.54, 1.807) is 0 Å². The number of amides is 1. The summed E-state index contributed by atoms with van der Waals surface area (Å²) in [6.45, 7) is 0.695. The van der Waals surface area contributed by atoms with Gasteiger partial charge in [-0.3, -0.25) is 10.1 Å². The van der Waals surface area contributed by atoms with E-state index >= 15 is 0 Å². The van der Waals surface area contributed by atoms with E-state index in [0.29, 0.717) is 13.2 Å². The molecule has 15 heavy (non-hydrogen) atoms. The summed E-state index contributed by atoms with van der Waals surface area (Å²) >= 11 is 0. The quantitative estimate of drug-likeness (QED) is 0.682. The van der Waals surface area contributed by atoms with Crippen LogP contribution in [-0.4, -0.2) is 43.7 Å². The lowest BCUT2D eigenvalue weighted by Crippen LogP contribution is -2.45. The maximum atomic E-state index is 12.8. The summed E-state index contributed by atoms with van der Waals surface area (Å²) in [5, 5.41) is 5.22. The largest absolute Gasteiger partial charge is 0.379 e. The van der Waals surface area contributed by atoms with Crippen LogP contribution < -0.4 is 10.6 Å². The fourth-order valence-corrected chi connectivity index (χ4v) is 1.85. The van der Waals surface area contributed by atoms with Gasteiger partial charge in [-0.25, -0.2) is 8.78 Å². The Morgan fingerprint density at radius 2 is 2.33 bits per heavy atom. The SMILES string of the molecule is O=C(NC1CCOC1)C1CC(F)(F)CN1. The summed E-state index contributed by atoms with van der Waals surface area (Å²) < 4.78 is 30.7. The molecular weight excluding hydrogens is 206 g/mol. The van der Waals surface area contributed by atoms with Crippen molar-refractivity contribution in [1.29, 1.82) is 0 Å². The molecule has 0 saturated carbocycles. The number of alkyl halides is 2. The fraction of sp³-hybridized carbons (Fsp3) is 0.889. The van der Waals surface area contributed by atoms with Gasteiger partial charge < -0.3 is 10.1 Å². The maximum absolute atomic E-state index is 12.8. The highest BCUT2D eigenvalue weighted by Gasteiger charge is 2.42. The smallest absolute Gasteiger partial charge is 0.262 e. The van der Waals surface area contributed by atoms with Crippen LogP contribution in [0.25, 0.3) is 0 Å². The second-order valence-electron chi connectivity index (χ2n) is 4.06. The molecule has 0 spiro atoms. The van der Waals surface area contributed by atoms with Gasteiger partial charge in [0.1, 0.15) is 0 Å². The molecule has 2 unspecified atom stereocenters. The summed E-state index contributed by atoms with van der Waals surface area (Å²) in [7, 11) is 0. The van der Waals surface area contributed by atoms with Crippen molar-refractivity contribution in [1.82, 2.24) is 10.6 Å². The molecule has 4 nitrogen and oxygen atoms in total. The molecule has 0 aromatic carbocycles. The Morgan fingerprint density at radius 3 is 2.87 bits per heavy atom. The van der Waals surface area contributed by atoms with Crippen LogP contribution >= 0.6 is 0 Å². The Balaban J connectivity index is 1.81. The fourth-order valence-electron chi connectivity index (χ4n) is 1.85. The van der Waals surface area contributed by atoms with Crippen LogP contribution in [0, 0.1) is 0 Å². The number of rotatable bonds is 2. The van der Waals surface area contributed by atoms with E-state index in [2.05, 4.69) is 10.6 Å². The van der Waals surface area contributed by atoms with Gasteiger partial charge in [0.25, 0.3) is 5.92 Å². The lowest BCUT2D eigenvalue weighted by atomic mass is 10.1. The van der Waals surface area contributed by atoms with Crippen LogP contribution in [0.1, 0.15) is 12.8 Å². The number of ether oxygens (including phenoxy) is 1. The third-order valence-electron chi connectivity index (χ3n) is 2.70. The van der Waals surface area contributed by atoms with Crippen molar-refractivity contribution in [2.75, 3.05) is 19.8 Å². The lowest BCUT2D eigenvalue weighted by molar-refractivity contribution is -0.124. The van der Waals surface area contributed by atoms with Gasteiger partial charge in [0, 0.05) is 13.0 Å². The monoisotopic (exact) mass is 220 g/mol. The van der Waals surface area contributed by atoms with Crippen LogP contribution in [0.5, 0.6) is 0 Å². The van der Waals surface area contributed by atoms with Crippen LogP contribution in [0.15, 0.2) is 0 Å². The molecule has 2 rings (SSSR count). The summed E-state index contributed by atoms with van der Waals surface area (Å²) in [6, 6.07) is -0.783. The van der Waals surface area contributed by atoms with E-state index in [1.807, 2.05) is 0 Å². The number of carbonyl (C=O) groups is 1. The molecule has 0 radical (unpaired) electrons. The molecule has 0 aromatic rings. The normalized spacial score (nSPS) is 34.3. The minimum absolute atomic E-state index is 0.0199. The molecule has 2 heterocycles. The van der Waals surface area contributed by atoms with Gasteiger partial charge in [-0.15, -0.1) is 0 Å². The Morgan fingerprint density at radius 1 is 1.53 bits per heavy atom. The molecule has 0 bridgehead atoms. The molecular formula is C9H14F2N2O2. The Hall–Kier alpha value is -0.750. The molecule has 0 aromatic heterocycles. The highest BCUT2D eigenvalue weighted by Crippen LogP contribution is 2.25. The minimum Gasteiger partial charge on any atom is -0.379 e. The van der Waals surface area contributed by atoms with Gasteiger partial charge in [0.05, 0.1) is 25.2 Å². The van der Waals surface area contributed by atoms with Gasteiger partial charge in [0.15, 0.2) is 0 Å². The Kier molecular flexibility index (Phi) is 2.88. The zero-order valence-corrected chi connectivity index (χ0v) is 8.26. The zero-order chi connectivity index (χ0) is 10.9. The Labute approximate surface area is 86.4 Å². The van der Waals surface area contributed by atoms with Crippen molar-refractivity contribution < 1.29 is 18.3 Å². The van der Waals surface area contributed by atoms with E-state index in [0.717, 1.165) is 6.42 Å². The maximum Gasteiger partial charge on any atom is 0.262 e. The van der Waals surface area contributed by atoms with Crippen molar-refractivity contribution in [2.45, 2.75) is 30.8 Å². The first kappa shape index (κ1) is 10.8. The first-order valence-electron chi connectivity index (χ1n) is 5.06. The van der Waals surface area contributed by atoms with Gasteiger partial charge in [-0.05, 0) is 6.42 Å². The predicted molar refractivity (Wildman–Crippen MR) is 48.7 cm³/mol. The van der Waals surface area contributed by atoms with Crippen molar-refractivity contribution in [3.05, 3.63) is 0 Å². The summed E-state index contributed by atoms with van der Waals surface area (Å²) in [5.41, 5.74) is 0. The summed E-state index contributed by atoms with van der Waals surface area (Å²) in [6.07, 6.45) is 0.348. The molecule has 2 N–H and O–H groups in total. The third-order valence-corrected chi connectivity index (χ3v) is 2.70. The highest BCUT2D eigenvalue weighted by molar-refractivity contribution is 5.82. The molecule has 1 amide bonds. The summed E-state index contributed by atoms with van der Waals surface area (Å²) in [5.74, 6) is -3.10. The Bertz CT molecular complexity index is 254. The number of hydrogen-bond donors (Lipinski definition) is 2. The number of hydrogen-bond acceptors (Lipinski definition) is 3. The third kappa shape index (κ3) is 2.63. The highest BCUT2D eigenvalue weighted by atomic mass is 19.3. The zero-order valence-electron chi connectivity index (χ0n) is 8.26. The first-order valence-corrected chi connectivity index (χ1v) is 5.06. The number of carbonyl (C=O) groups excluding carboxylic acids is 1. The average Bonchev–Trinajstić information content (AvgIpc) is 2.74. The van der Waals surface area contributed by atoms with Gasteiger partial charge in [0.2, 0.25) is 5.91 Å². The number of halogens is 2. The van der Waals surface area contributed by atoms with Crippen LogP contribution in [0.4, 0.5) is 8.78 Å². The van der Waals surface area contributed by atoms with Gasteiger partial charge in [-0.2, -0.15) is 0 Å². The standard InChI is InChI=1S/C9H14F2N2O2/c10-9(11)3-7(12-5-9)8(14)13-6-1-2-15-4-6/h6-7,12H,1-5H2,(H,13,14).